The van der Waals surface area contributed by atoms with E-state index in [9.17, 15) is 0 Å². The minimum atomic E-state index is -0.333. The molecule has 0 aliphatic heterocycles. The van der Waals surface area contributed by atoms with Crippen molar-refractivity contribution in [3.05, 3.63) is 23.8 Å². The molecule has 18 heavy (non-hydrogen) atoms. The van der Waals surface area contributed by atoms with Crippen molar-refractivity contribution in [2.75, 3.05) is 5.75 Å². The highest BCUT2D eigenvalue weighted by atomic mass is 32.2. The van der Waals surface area contributed by atoms with Crippen molar-refractivity contribution in [2.45, 2.75) is 38.2 Å². The number of thioether (sulfide) groups is 1. The zero-order valence-electron chi connectivity index (χ0n) is 11.2. The largest absolute Gasteiger partial charge is 0.487 e. The lowest BCUT2D eigenvalue weighted by Crippen LogP contribution is -2.25. The maximum Gasteiger partial charge on any atom is 0.174 e. The number of hydrogen-bond donors (Lipinski definition) is 2. The fourth-order valence-electron chi connectivity index (χ4n) is 1.50. The fourth-order valence-corrected chi connectivity index (χ4v) is 2.34. The maximum absolute atomic E-state index is 8.90. The van der Waals surface area contributed by atoms with Gasteiger partial charge in [-0.2, -0.15) is 0 Å². The smallest absolute Gasteiger partial charge is 0.174 e. The van der Waals surface area contributed by atoms with Crippen LogP contribution in [0.1, 0.15) is 33.3 Å². The van der Waals surface area contributed by atoms with Crippen LogP contribution < -0.4 is 10.5 Å². The Balaban J connectivity index is 3.28. The van der Waals surface area contributed by atoms with Gasteiger partial charge < -0.3 is 15.7 Å². The fraction of sp³-hybridized carbons (Fsp3) is 0.462. The number of ether oxygens (including phenoxy) is 1. The van der Waals surface area contributed by atoms with E-state index in [1.54, 1.807) is 11.8 Å². The van der Waals surface area contributed by atoms with Gasteiger partial charge in [-0.25, -0.2) is 0 Å². The zero-order valence-corrected chi connectivity index (χ0v) is 12.0. The van der Waals surface area contributed by atoms with Gasteiger partial charge in [-0.1, -0.05) is 18.1 Å². The van der Waals surface area contributed by atoms with Crippen molar-refractivity contribution >= 4 is 17.6 Å². The molecule has 0 fully saturated rings. The molecule has 1 aromatic carbocycles. The third-order valence-corrected chi connectivity index (χ3v) is 3.01. The van der Waals surface area contributed by atoms with Crippen LogP contribution in [-0.4, -0.2) is 22.4 Å². The van der Waals surface area contributed by atoms with Gasteiger partial charge in [0.15, 0.2) is 5.84 Å². The molecule has 5 heteroatoms. The monoisotopic (exact) mass is 268 g/mol. The highest BCUT2D eigenvalue weighted by molar-refractivity contribution is 7.99. The van der Waals surface area contributed by atoms with Gasteiger partial charge in [0.1, 0.15) is 11.4 Å². The Morgan fingerprint density at radius 3 is 2.61 bits per heavy atom. The Bertz CT molecular complexity index is 439. The first-order valence-electron chi connectivity index (χ1n) is 5.81. The van der Waals surface area contributed by atoms with Crippen molar-refractivity contribution in [1.29, 1.82) is 0 Å². The Hall–Kier alpha value is -1.36. The van der Waals surface area contributed by atoms with Crippen molar-refractivity contribution < 1.29 is 9.94 Å². The number of benzene rings is 1. The molecule has 0 atom stereocenters. The van der Waals surface area contributed by atoms with E-state index < -0.39 is 0 Å². The first-order chi connectivity index (χ1) is 8.39. The third-order valence-electron chi connectivity index (χ3n) is 2.07. The average Bonchev–Trinajstić information content (AvgIpc) is 2.27. The summed E-state index contributed by atoms with van der Waals surface area (Å²) in [5.74, 6) is 1.62. The number of hydrogen-bond acceptors (Lipinski definition) is 4. The predicted molar refractivity (Wildman–Crippen MR) is 75.7 cm³/mol. The summed E-state index contributed by atoms with van der Waals surface area (Å²) < 4.78 is 5.86. The van der Waals surface area contributed by atoms with Crippen LogP contribution in [0, 0.1) is 0 Å². The summed E-state index contributed by atoms with van der Waals surface area (Å²) >= 11 is 1.63. The number of amidine groups is 1. The molecule has 4 nitrogen and oxygen atoms in total. The van der Waals surface area contributed by atoms with Gasteiger partial charge in [0.25, 0.3) is 0 Å². The van der Waals surface area contributed by atoms with E-state index in [0.29, 0.717) is 11.3 Å². The summed E-state index contributed by atoms with van der Waals surface area (Å²) in [5.41, 5.74) is 6.07. The third kappa shape index (κ3) is 3.84. The van der Waals surface area contributed by atoms with Crippen LogP contribution in [0.2, 0.25) is 0 Å². The lowest BCUT2D eigenvalue weighted by atomic mass is 10.1. The van der Waals surface area contributed by atoms with E-state index in [0.717, 1.165) is 10.6 Å². The molecule has 0 saturated heterocycles. The summed E-state index contributed by atoms with van der Waals surface area (Å²) in [5, 5.41) is 12.0. The number of rotatable bonds is 4. The van der Waals surface area contributed by atoms with Gasteiger partial charge in [-0.05, 0) is 38.7 Å². The van der Waals surface area contributed by atoms with Crippen LogP contribution in [0.4, 0.5) is 0 Å². The van der Waals surface area contributed by atoms with E-state index in [4.69, 9.17) is 15.7 Å². The van der Waals surface area contributed by atoms with Crippen molar-refractivity contribution in [2.24, 2.45) is 10.9 Å². The van der Waals surface area contributed by atoms with Crippen LogP contribution in [0.3, 0.4) is 0 Å². The van der Waals surface area contributed by atoms with Gasteiger partial charge >= 0.3 is 0 Å². The van der Waals surface area contributed by atoms with Gasteiger partial charge in [0.2, 0.25) is 0 Å². The molecule has 0 aliphatic carbocycles. The van der Waals surface area contributed by atoms with Crippen LogP contribution in [0.25, 0.3) is 0 Å². The van der Waals surface area contributed by atoms with Gasteiger partial charge in [-0.3, -0.25) is 0 Å². The first kappa shape index (κ1) is 14.7. The van der Waals surface area contributed by atoms with Gasteiger partial charge in [0, 0.05) is 4.90 Å². The predicted octanol–water partition coefficient (Wildman–Crippen LogP) is 3.07. The highest BCUT2D eigenvalue weighted by Gasteiger charge is 2.19. The van der Waals surface area contributed by atoms with E-state index >= 15 is 0 Å². The van der Waals surface area contributed by atoms with Crippen LogP contribution in [0.5, 0.6) is 5.75 Å². The topological polar surface area (TPSA) is 67.8 Å². The highest BCUT2D eigenvalue weighted by Crippen LogP contribution is 2.31. The second kappa shape index (κ2) is 6.00. The minimum Gasteiger partial charge on any atom is -0.487 e. The molecular formula is C13H20N2O2S. The molecule has 0 saturated carbocycles. The number of nitrogens with two attached hydrogens (primary N) is 1. The summed E-state index contributed by atoms with van der Waals surface area (Å²) in [6.07, 6.45) is 0. The second-order valence-corrected chi connectivity index (χ2v) is 6.07. The summed E-state index contributed by atoms with van der Waals surface area (Å²) in [4.78, 5) is 0.953. The molecule has 0 spiro atoms. The quantitative estimate of drug-likeness (QED) is 0.289. The van der Waals surface area contributed by atoms with E-state index in [-0.39, 0.29) is 11.4 Å². The van der Waals surface area contributed by atoms with Gasteiger partial charge in [-0.15, -0.1) is 11.8 Å². The van der Waals surface area contributed by atoms with E-state index in [1.165, 1.54) is 0 Å². The van der Waals surface area contributed by atoms with E-state index in [1.807, 2.05) is 39.0 Å². The normalized spacial score (nSPS) is 12.6. The Morgan fingerprint density at radius 2 is 2.11 bits per heavy atom. The van der Waals surface area contributed by atoms with Crippen molar-refractivity contribution in [3.8, 4) is 5.75 Å². The molecule has 0 heterocycles. The summed E-state index contributed by atoms with van der Waals surface area (Å²) in [6, 6.07) is 5.68. The average molecular weight is 268 g/mol. The summed E-state index contributed by atoms with van der Waals surface area (Å²) in [6.45, 7) is 7.94. The number of nitrogens with zero attached hydrogens (tertiary/aromatic N) is 1. The number of oxime groups is 1. The molecule has 1 aromatic rings. The molecule has 0 aliphatic rings. The Kier molecular flexibility index (Phi) is 4.90. The molecular weight excluding hydrogens is 248 g/mol. The molecule has 100 valence electrons. The molecule has 1 rings (SSSR count). The molecule has 0 radical (unpaired) electrons. The van der Waals surface area contributed by atoms with Gasteiger partial charge in [0.05, 0.1) is 5.56 Å². The lowest BCUT2D eigenvalue weighted by molar-refractivity contribution is 0.130. The maximum atomic E-state index is 8.90. The van der Waals surface area contributed by atoms with Crippen LogP contribution >= 0.6 is 11.8 Å². The first-order valence-corrected chi connectivity index (χ1v) is 6.80. The molecule has 3 N–H and O–H groups in total. The SMILES string of the molecule is CCSc1cccc(OC(C)(C)C)c1/C(N)=N/O. The van der Waals surface area contributed by atoms with E-state index in [2.05, 4.69) is 12.1 Å². The van der Waals surface area contributed by atoms with Crippen LogP contribution in [-0.2, 0) is 0 Å². The standard InChI is InChI=1S/C13H20N2O2S/c1-5-18-10-8-6-7-9(17-13(2,3)4)11(10)12(14)15-16/h6-8,16H,5H2,1-4H3,(H2,14,15). The molecule has 0 unspecified atom stereocenters. The molecule has 0 amide bonds. The zero-order chi connectivity index (χ0) is 13.8. The Morgan fingerprint density at radius 1 is 1.44 bits per heavy atom. The minimum absolute atomic E-state index is 0.0748. The Labute approximate surface area is 112 Å². The summed E-state index contributed by atoms with van der Waals surface area (Å²) in [7, 11) is 0. The van der Waals surface area contributed by atoms with Crippen molar-refractivity contribution in [3.63, 3.8) is 0 Å². The second-order valence-electron chi connectivity index (χ2n) is 4.76. The lowest BCUT2D eigenvalue weighted by Gasteiger charge is -2.24. The molecule has 0 bridgehead atoms. The van der Waals surface area contributed by atoms with Crippen molar-refractivity contribution in [1.82, 2.24) is 0 Å². The van der Waals surface area contributed by atoms with Crippen LogP contribution in [0.15, 0.2) is 28.3 Å². The molecule has 0 aromatic heterocycles.